The van der Waals surface area contributed by atoms with Crippen molar-refractivity contribution in [1.82, 2.24) is 9.55 Å². The van der Waals surface area contributed by atoms with Crippen LogP contribution in [0.1, 0.15) is 19.8 Å². The Hall–Kier alpha value is -1.32. The fraction of sp³-hybridized carbons (Fsp3) is 0.556. The zero-order valence-corrected chi connectivity index (χ0v) is 7.99. The Morgan fingerprint density at radius 2 is 2.38 bits per heavy atom. The number of hydrogen-bond acceptors (Lipinski definition) is 3. The Bertz CT molecular complexity index is 320. The van der Waals surface area contributed by atoms with Crippen molar-refractivity contribution in [3.05, 3.63) is 22.7 Å². The summed E-state index contributed by atoms with van der Waals surface area (Å²) < 4.78 is 6.42. The molecule has 0 saturated carbocycles. The average molecular weight is 182 g/mol. The molecular weight excluding hydrogens is 168 g/mol. The van der Waals surface area contributed by atoms with Gasteiger partial charge >= 0.3 is 5.69 Å². The lowest BCUT2D eigenvalue weighted by molar-refractivity contribution is 0.391. The number of methoxy groups -OCH3 is 1. The third kappa shape index (κ3) is 2.57. The zero-order chi connectivity index (χ0) is 9.68. The van der Waals surface area contributed by atoms with Crippen molar-refractivity contribution in [2.75, 3.05) is 7.11 Å². The van der Waals surface area contributed by atoms with E-state index in [2.05, 4.69) is 11.9 Å². The molecule has 0 aromatic carbocycles. The monoisotopic (exact) mass is 182 g/mol. The van der Waals surface area contributed by atoms with Gasteiger partial charge in [0.2, 0.25) is 5.88 Å². The highest BCUT2D eigenvalue weighted by Gasteiger charge is 1.98. The van der Waals surface area contributed by atoms with Crippen LogP contribution in [-0.4, -0.2) is 16.7 Å². The molecule has 0 aliphatic heterocycles. The number of unbranched alkanes of at least 4 members (excludes halogenated alkanes) is 1. The van der Waals surface area contributed by atoms with Crippen LogP contribution in [0.2, 0.25) is 0 Å². The molecule has 13 heavy (non-hydrogen) atoms. The van der Waals surface area contributed by atoms with Gasteiger partial charge in [0.05, 0.1) is 7.11 Å². The molecule has 4 nitrogen and oxygen atoms in total. The van der Waals surface area contributed by atoms with Gasteiger partial charge in [0, 0.05) is 18.8 Å². The topological polar surface area (TPSA) is 44.1 Å². The number of aromatic nitrogens is 2. The lowest BCUT2D eigenvalue weighted by atomic mass is 10.3. The molecule has 0 fully saturated rings. The first-order chi connectivity index (χ1) is 6.27. The largest absolute Gasteiger partial charge is 0.481 e. The maximum atomic E-state index is 11.3. The van der Waals surface area contributed by atoms with E-state index in [1.165, 1.54) is 7.11 Å². The van der Waals surface area contributed by atoms with E-state index in [1.807, 2.05) is 0 Å². The molecule has 0 saturated heterocycles. The normalized spacial score (nSPS) is 10.0. The van der Waals surface area contributed by atoms with E-state index in [1.54, 1.807) is 16.8 Å². The maximum Gasteiger partial charge on any atom is 0.350 e. The van der Waals surface area contributed by atoms with Crippen molar-refractivity contribution < 1.29 is 4.74 Å². The molecule has 0 aliphatic rings. The minimum absolute atomic E-state index is 0.243. The van der Waals surface area contributed by atoms with Gasteiger partial charge in [-0.15, -0.1) is 0 Å². The van der Waals surface area contributed by atoms with Gasteiger partial charge in [-0.1, -0.05) is 13.3 Å². The Balaban J connectivity index is 2.80. The fourth-order valence-electron chi connectivity index (χ4n) is 1.03. The second-order valence-electron chi connectivity index (χ2n) is 2.80. The third-order valence-corrected chi connectivity index (χ3v) is 1.81. The summed E-state index contributed by atoms with van der Waals surface area (Å²) in [6.45, 7) is 2.81. The standard InChI is InChI=1S/C9H14N2O2/c1-3-4-6-11-7-5-8(13-2)10-9(11)12/h5,7H,3-4,6H2,1-2H3. The van der Waals surface area contributed by atoms with Crippen molar-refractivity contribution in [2.45, 2.75) is 26.3 Å². The number of aryl methyl sites for hydroxylation is 1. The highest BCUT2D eigenvalue weighted by molar-refractivity contribution is 5.05. The number of ether oxygens (including phenoxy) is 1. The van der Waals surface area contributed by atoms with Crippen LogP contribution >= 0.6 is 0 Å². The summed E-state index contributed by atoms with van der Waals surface area (Å²) in [4.78, 5) is 15.0. The van der Waals surface area contributed by atoms with E-state index in [9.17, 15) is 4.79 Å². The van der Waals surface area contributed by atoms with Gasteiger partial charge in [0.1, 0.15) is 0 Å². The highest BCUT2D eigenvalue weighted by Crippen LogP contribution is 1.99. The number of hydrogen-bond donors (Lipinski definition) is 0. The predicted octanol–water partition coefficient (Wildman–Crippen LogP) is 1.05. The first-order valence-corrected chi connectivity index (χ1v) is 4.39. The lowest BCUT2D eigenvalue weighted by Crippen LogP contribution is -2.22. The molecule has 0 unspecified atom stereocenters. The van der Waals surface area contributed by atoms with Crippen LogP contribution in [0, 0.1) is 0 Å². The molecule has 0 bridgehead atoms. The SMILES string of the molecule is CCCCn1ccc(OC)nc1=O. The summed E-state index contributed by atoms with van der Waals surface area (Å²) >= 11 is 0. The van der Waals surface area contributed by atoms with Crippen LogP contribution in [0.4, 0.5) is 0 Å². The van der Waals surface area contributed by atoms with Crippen molar-refractivity contribution in [2.24, 2.45) is 0 Å². The van der Waals surface area contributed by atoms with Crippen LogP contribution in [0.5, 0.6) is 5.88 Å². The van der Waals surface area contributed by atoms with Gasteiger partial charge in [0.15, 0.2) is 0 Å². The van der Waals surface area contributed by atoms with Crippen molar-refractivity contribution in [3.63, 3.8) is 0 Å². The van der Waals surface area contributed by atoms with Gasteiger partial charge in [-0.2, -0.15) is 4.98 Å². The fourth-order valence-corrected chi connectivity index (χ4v) is 1.03. The summed E-state index contributed by atoms with van der Waals surface area (Å²) in [7, 11) is 1.50. The lowest BCUT2D eigenvalue weighted by Gasteiger charge is -2.03. The van der Waals surface area contributed by atoms with Gasteiger partial charge in [-0.3, -0.25) is 4.57 Å². The summed E-state index contributed by atoms with van der Waals surface area (Å²) in [5.41, 5.74) is -0.243. The first-order valence-electron chi connectivity index (χ1n) is 4.39. The Morgan fingerprint density at radius 3 is 2.92 bits per heavy atom. The van der Waals surface area contributed by atoms with E-state index >= 15 is 0 Å². The second-order valence-corrected chi connectivity index (χ2v) is 2.80. The number of nitrogens with zero attached hydrogens (tertiary/aromatic N) is 2. The van der Waals surface area contributed by atoms with Gasteiger partial charge in [0.25, 0.3) is 0 Å². The first kappa shape index (κ1) is 9.77. The Kier molecular flexibility index (Phi) is 3.49. The molecule has 1 aromatic rings. The van der Waals surface area contributed by atoms with Crippen molar-refractivity contribution >= 4 is 0 Å². The van der Waals surface area contributed by atoms with E-state index in [0.29, 0.717) is 5.88 Å². The third-order valence-electron chi connectivity index (χ3n) is 1.81. The van der Waals surface area contributed by atoms with Gasteiger partial charge in [-0.05, 0) is 6.42 Å². The van der Waals surface area contributed by atoms with E-state index in [-0.39, 0.29) is 5.69 Å². The molecule has 0 spiro atoms. The molecule has 0 aliphatic carbocycles. The molecule has 0 N–H and O–H groups in total. The summed E-state index contributed by atoms with van der Waals surface area (Å²) in [6, 6.07) is 1.69. The molecule has 0 atom stereocenters. The minimum atomic E-state index is -0.243. The average Bonchev–Trinajstić information content (AvgIpc) is 2.16. The van der Waals surface area contributed by atoms with Crippen LogP contribution in [0.25, 0.3) is 0 Å². The van der Waals surface area contributed by atoms with E-state index in [4.69, 9.17) is 4.74 Å². The van der Waals surface area contributed by atoms with E-state index in [0.717, 1.165) is 19.4 Å². The van der Waals surface area contributed by atoms with Crippen LogP contribution in [-0.2, 0) is 6.54 Å². The Labute approximate surface area is 77.2 Å². The summed E-state index contributed by atoms with van der Waals surface area (Å²) in [5, 5.41) is 0. The second kappa shape index (κ2) is 4.64. The molecule has 1 aromatic heterocycles. The molecular formula is C9H14N2O2. The smallest absolute Gasteiger partial charge is 0.350 e. The minimum Gasteiger partial charge on any atom is -0.481 e. The van der Waals surface area contributed by atoms with Gasteiger partial charge in [-0.25, -0.2) is 4.79 Å². The van der Waals surface area contributed by atoms with E-state index < -0.39 is 0 Å². The molecule has 72 valence electrons. The molecule has 0 amide bonds. The molecule has 4 heteroatoms. The zero-order valence-electron chi connectivity index (χ0n) is 7.99. The highest BCUT2D eigenvalue weighted by atomic mass is 16.5. The number of rotatable bonds is 4. The molecule has 0 radical (unpaired) electrons. The van der Waals surface area contributed by atoms with Crippen molar-refractivity contribution in [3.8, 4) is 5.88 Å². The molecule has 1 rings (SSSR count). The summed E-state index contributed by atoms with van der Waals surface area (Å²) in [6.07, 6.45) is 3.77. The van der Waals surface area contributed by atoms with Crippen molar-refractivity contribution in [1.29, 1.82) is 0 Å². The summed E-state index contributed by atoms with van der Waals surface area (Å²) in [5.74, 6) is 0.373. The maximum absolute atomic E-state index is 11.3. The van der Waals surface area contributed by atoms with Crippen LogP contribution < -0.4 is 10.4 Å². The molecule has 1 heterocycles. The predicted molar refractivity (Wildman–Crippen MR) is 50.0 cm³/mol. The quantitative estimate of drug-likeness (QED) is 0.699. The Morgan fingerprint density at radius 1 is 1.62 bits per heavy atom. The van der Waals surface area contributed by atoms with Crippen LogP contribution in [0.3, 0.4) is 0 Å². The van der Waals surface area contributed by atoms with Gasteiger partial charge < -0.3 is 4.74 Å². The van der Waals surface area contributed by atoms with Crippen LogP contribution in [0.15, 0.2) is 17.1 Å².